The van der Waals surface area contributed by atoms with Gasteiger partial charge >= 0.3 is 17.9 Å². The van der Waals surface area contributed by atoms with E-state index in [1.165, 1.54) is 89.9 Å². The van der Waals surface area contributed by atoms with Crippen LogP contribution in [0.2, 0.25) is 0 Å². The van der Waals surface area contributed by atoms with Gasteiger partial charge in [-0.3, -0.25) is 9.59 Å². The fraction of sp³-hybridized carbons (Fsp3) is 0.735. The van der Waals surface area contributed by atoms with E-state index in [4.69, 9.17) is 14.2 Å². The van der Waals surface area contributed by atoms with E-state index >= 15 is 0 Å². The summed E-state index contributed by atoms with van der Waals surface area (Å²) in [7, 11) is 5.50. The molecule has 0 aromatic rings. The van der Waals surface area contributed by atoms with Crippen LogP contribution in [0.4, 0.5) is 0 Å². The van der Waals surface area contributed by atoms with Crippen molar-refractivity contribution in [3.05, 3.63) is 60.8 Å². The number of unbranched alkanes of at least 4 members (excludes halogenated alkanes) is 16. The van der Waals surface area contributed by atoms with Crippen LogP contribution in [0.3, 0.4) is 0 Å². The summed E-state index contributed by atoms with van der Waals surface area (Å²) in [6.07, 6.45) is 48.5. The third-order valence-corrected chi connectivity index (χ3v) is 9.91. The molecule has 0 fully saturated rings. The number of hydrogen-bond acceptors (Lipinski definition) is 6. The van der Waals surface area contributed by atoms with Crippen LogP contribution in [0.15, 0.2) is 60.8 Å². The lowest BCUT2D eigenvalue weighted by molar-refractivity contribution is -0.887. The number of esters is 2. The zero-order valence-electron chi connectivity index (χ0n) is 37.3. The van der Waals surface area contributed by atoms with Gasteiger partial charge in [-0.15, -0.1) is 0 Å². The molecule has 328 valence electrons. The van der Waals surface area contributed by atoms with Gasteiger partial charge in [0.2, 0.25) is 0 Å². The largest absolute Gasteiger partial charge is 0.477 e. The summed E-state index contributed by atoms with van der Waals surface area (Å²) >= 11 is 0. The van der Waals surface area contributed by atoms with Gasteiger partial charge in [0.15, 0.2) is 12.1 Å². The fourth-order valence-corrected chi connectivity index (χ4v) is 6.39. The average molecular weight is 801 g/mol. The second kappa shape index (κ2) is 39.8. The Labute approximate surface area is 349 Å². The molecule has 0 aromatic heterocycles. The number of carbonyl (C=O) groups is 3. The topological polar surface area (TPSA) is 99.1 Å². The summed E-state index contributed by atoms with van der Waals surface area (Å²) in [4.78, 5) is 37.0. The van der Waals surface area contributed by atoms with Crippen molar-refractivity contribution in [3.63, 3.8) is 0 Å². The molecule has 0 saturated heterocycles. The third-order valence-electron chi connectivity index (χ3n) is 9.91. The van der Waals surface area contributed by atoms with Crippen molar-refractivity contribution in [1.82, 2.24) is 0 Å². The maximum Gasteiger partial charge on any atom is 0.362 e. The summed E-state index contributed by atoms with van der Waals surface area (Å²) < 4.78 is 17.2. The van der Waals surface area contributed by atoms with Crippen LogP contribution >= 0.6 is 0 Å². The lowest BCUT2D eigenvalue weighted by atomic mass is 10.1. The van der Waals surface area contributed by atoms with E-state index in [1.807, 2.05) is 27.2 Å². The molecule has 1 N–H and O–H groups in total. The first kappa shape index (κ1) is 54.0. The molecule has 57 heavy (non-hydrogen) atoms. The number of allylic oxidation sites excluding steroid dienone is 10. The lowest BCUT2D eigenvalue weighted by Crippen LogP contribution is -2.50. The molecule has 0 heterocycles. The molecule has 0 radical (unpaired) electrons. The smallest absolute Gasteiger partial charge is 0.362 e. The van der Waals surface area contributed by atoms with Gasteiger partial charge in [-0.25, -0.2) is 4.79 Å². The molecule has 2 atom stereocenters. The van der Waals surface area contributed by atoms with Gasteiger partial charge in [-0.1, -0.05) is 158 Å². The number of hydrogen-bond donors (Lipinski definition) is 1. The van der Waals surface area contributed by atoms with E-state index in [0.29, 0.717) is 19.3 Å². The van der Waals surface area contributed by atoms with E-state index in [2.05, 4.69) is 68.5 Å². The van der Waals surface area contributed by atoms with Crippen molar-refractivity contribution >= 4 is 17.9 Å². The molecular formula is C49H86NO7+. The highest BCUT2D eigenvalue weighted by molar-refractivity contribution is 5.72. The number of quaternary nitrogens is 1. The molecule has 0 amide bonds. The Kier molecular flexibility index (Phi) is 37.8. The molecule has 0 aliphatic carbocycles. The first-order valence-corrected chi connectivity index (χ1v) is 22.8. The lowest BCUT2D eigenvalue weighted by Gasteiger charge is -2.31. The van der Waals surface area contributed by atoms with Gasteiger partial charge in [0.25, 0.3) is 0 Å². The van der Waals surface area contributed by atoms with Gasteiger partial charge in [-0.2, -0.15) is 0 Å². The van der Waals surface area contributed by atoms with Crippen molar-refractivity contribution in [2.24, 2.45) is 0 Å². The molecule has 0 aliphatic heterocycles. The van der Waals surface area contributed by atoms with E-state index in [0.717, 1.165) is 51.4 Å². The minimum absolute atomic E-state index is 0.0359. The molecule has 0 bridgehead atoms. The van der Waals surface area contributed by atoms with E-state index in [1.54, 1.807) is 0 Å². The number of carbonyl (C=O) groups excluding carboxylic acids is 2. The molecule has 8 nitrogen and oxygen atoms in total. The highest BCUT2D eigenvalue weighted by Crippen LogP contribution is 2.14. The Balaban J connectivity index is 4.34. The molecule has 0 rings (SSSR count). The molecule has 0 spiro atoms. The number of rotatable bonds is 40. The monoisotopic (exact) mass is 801 g/mol. The molecule has 0 aromatic carbocycles. The van der Waals surface area contributed by atoms with Crippen molar-refractivity contribution in [1.29, 1.82) is 0 Å². The van der Waals surface area contributed by atoms with Crippen molar-refractivity contribution < 1.29 is 38.2 Å². The van der Waals surface area contributed by atoms with E-state index in [9.17, 15) is 19.5 Å². The second-order valence-corrected chi connectivity index (χ2v) is 16.3. The molecule has 2 unspecified atom stereocenters. The zero-order valence-corrected chi connectivity index (χ0v) is 37.3. The van der Waals surface area contributed by atoms with Crippen molar-refractivity contribution in [2.75, 3.05) is 41.0 Å². The number of nitrogens with zero attached hydrogens (tertiary/aromatic N) is 1. The molecule has 0 saturated carbocycles. The number of carboxylic acid groups (broad SMARTS) is 1. The zero-order chi connectivity index (χ0) is 42.1. The normalized spacial score (nSPS) is 13.5. The van der Waals surface area contributed by atoms with Gasteiger partial charge in [0.1, 0.15) is 6.61 Å². The van der Waals surface area contributed by atoms with Gasteiger partial charge < -0.3 is 23.8 Å². The Hall–Kier alpha value is -2.97. The second-order valence-electron chi connectivity index (χ2n) is 16.3. The standard InChI is InChI=1S/C49H85NO7/c1-6-8-10-12-14-16-18-20-21-22-23-24-25-26-28-29-31-33-35-37-39-47(51)56-44-45(43-55-42-41-46(49(53)54)50(3,4)5)57-48(52)40-38-36-34-32-30-27-19-17-15-13-11-9-7-2/h8,10,14,16,20-21,27,30,34,36,45-46H,6-7,9,11-13,15,17-19,22-26,28-29,31-33,35,37-44H2,1-5H3/p+1/b10-8+,16-14+,21-20+,30-27+,36-34+. The number of likely N-dealkylation sites (N-methyl/N-ethyl adjacent to an activating group) is 1. The van der Waals surface area contributed by atoms with Gasteiger partial charge in [0, 0.05) is 19.3 Å². The fourth-order valence-electron chi connectivity index (χ4n) is 6.39. The maximum atomic E-state index is 12.7. The Morgan fingerprint density at radius 3 is 1.53 bits per heavy atom. The Morgan fingerprint density at radius 2 is 1.02 bits per heavy atom. The molecular weight excluding hydrogens is 715 g/mol. The highest BCUT2D eigenvalue weighted by atomic mass is 16.6. The Morgan fingerprint density at radius 1 is 0.544 bits per heavy atom. The predicted molar refractivity (Wildman–Crippen MR) is 238 cm³/mol. The minimum atomic E-state index is -0.885. The first-order valence-electron chi connectivity index (χ1n) is 22.8. The van der Waals surface area contributed by atoms with Crippen LogP contribution in [0.25, 0.3) is 0 Å². The van der Waals surface area contributed by atoms with E-state index in [-0.39, 0.29) is 42.7 Å². The minimum Gasteiger partial charge on any atom is -0.477 e. The van der Waals surface area contributed by atoms with Crippen LogP contribution in [-0.4, -0.2) is 80.6 Å². The van der Waals surface area contributed by atoms with Crippen molar-refractivity contribution in [2.45, 2.75) is 193 Å². The predicted octanol–water partition coefficient (Wildman–Crippen LogP) is 12.6. The Bertz CT molecular complexity index is 1120. The molecule has 8 heteroatoms. The van der Waals surface area contributed by atoms with Crippen molar-refractivity contribution in [3.8, 4) is 0 Å². The summed E-state index contributed by atoms with van der Waals surface area (Å²) in [5.74, 6) is -1.56. The third kappa shape index (κ3) is 38.3. The highest BCUT2D eigenvalue weighted by Gasteiger charge is 2.31. The maximum absolute atomic E-state index is 12.7. The molecule has 0 aliphatic rings. The van der Waals surface area contributed by atoms with Gasteiger partial charge in [0.05, 0.1) is 34.4 Å². The first-order chi connectivity index (χ1) is 27.6. The van der Waals surface area contributed by atoms with Crippen LogP contribution in [0.5, 0.6) is 0 Å². The average Bonchev–Trinajstić information content (AvgIpc) is 3.17. The van der Waals surface area contributed by atoms with Gasteiger partial charge in [-0.05, 0) is 64.2 Å². The van der Waals surface area contributed by atoms with Crippen LogP contribution in [0, 0.1) is 0 Å². The number of carboxylic acids is 1. The van der Waals surface area contributed by atoms with Crippen LogP contribution in [0.1, 0.15) is 181 Å². The van der Waals surface area contributed by atoms with Crippen LogP contribution in [-0.2, 0) is 28.6 Å². The SMILES string of the molecule is CC/C=C/C/C=C/C/C=C/CCCCCCCCCCCCC(=O)OCC(COCCC(C(=O)O)[N+](C)(C)C)OC(=O)CC/C=C/C/C=C/CCCCCCCC. The number of aliphatic carboxylic acids is 1. The summed E-state index contributed by atoms with van der Waals surface area (Å²) in [5.41, 5.74) is 0. The summed E-state index contributed by atoms with van der Waals surface area (Å²) in [6, 6.07) is -0.625. The summed E-state index contributed by atoms with van der Waals surface area (Å²) in [6.45, 7) is 4.55. The number of ether oxygens (including phenoxy) is 3. The van der Waals surface area contributed by atoms with E-state index < -0.39 is 18.1 Å². The summed E-state index contributed by atoms with van der Waals surface area (Å²) in [5, 5.41) is 9.62. The van der Waals surface area contributed by atoms with Crippen LogP contribution < -0.4 is 0 Å². The quantitative estimate of drug-likeness (QED) is 0.0285.